The van der Waals surface area contributed by atoms with Crippen molar-refractivity contribution in [3.05, 3.63) is 23.8 Å². The van der Waals surface area contributed by atoms with Gasteiger partial charge in [0.1, 0.15) is 11.9 Å². The van der Waals surface area contributed by atoms with Crippen LogP contribution in [0.5, 0.6) is 5.75 Å². The molecule has 9 nitrogen and oxygen atoms in total. The number of carbonyl (C=O) groups excluding carboxylic acids is 1. The normalized spacial score (nSPS) is 19.8. The summed E-state index contributed by atoms with van der Waals surface area (Å²) in [6, 6.07) is 5.35. The third-order valence-electron chi connectivity index (χ3n) is 5.53. The lowest BCUT2D eigenvalue weighted by molar-refractivity contribution is -0.146. The van der Waals surface area contributed by atoms with Crippen molar-refractivity contribution in [2.45, 2.75) is 44.4 Å². The number of carbonyl (C=O) groups is 1. The second-order valence-electron chi connectivity index (χ2n) is 7.73. The van der Waals surface area contributed by atoms with E-state index in [-0.39, 0.29) is 18.0 Å². The molecule has 1 saturated carbocycles. The fourth-order valence-corrected chi connectivity index (χ4v) is 3.72. The Morgan fingerprint density at radius 1 is 1.43 bits per heavy atom. The Labute approximate surface area is 177 Å². The SMILES string of the molecule is COc1ccc(C(=N)[C@@H](C)N(C(=O)[C@H]2CNCCO2)C2CC2)c(NCCCNO)c1. The lowest BCUT2D eigenvalue weighted by atomic mass is 10.00. The predicted octanol–water partition coefficient (Wildman–Crippen LogP) is 1.21. The molecule has 3 rings (SSSR count). The molecule has 5 N–H and O–H groups in total. The highest BCUT2D eigenvalue weighted by Gasteiger charge is 2.41. The zero-order chi connectivity index (χ0) is 21.5. The van der Waals surface area contributed by atoms with Crippen molar-refractivity contribution in [1.29, 1.82) is 5.41 Å². The average Bonchev–Trinajstić information content (AvgIpc) is 3.61. The number of anilines is 1. The van der Waals surface area contributed by atoms with Crippen LogP contribution in [0.4, 0.5) is 5.69 Å². The van der Waals surface area contributed by atoms with Gasteiger partial charge in [-0.1, -0.05) is 0 Å². The van der Waals surface area contributed by atoms with E-state index in [0.717, 1.165) is 37.1 Å². The Kier molecular flexibility index (Phi) is 8.03. The highest BCUT2D eigenvalue weighted by molar-refractivity contribution is 6.08. The first-order valence-electron chi connectivity index (χ1n) is 10.6. The molecule has 0 aromatic heterocycles. The molecule has 1 saturated heterocycles. The highest BCUT2D eigenvalue weighted by Crippen LogP contribution is 2.32. The first kappa shape index (κ1) is 22.5. The summed E-state index contributed by atoms with van der Waals surface area (Å²) in [5.74, 6) is 0.651. The smallest absolute Gasteiger partial charge is 0.253 e. The fourth-order valence-electron chi connectivity index (χ4n) is 3.72. The number of benzene rings is 1. The maximum atomic E-state index is 13.2. The molecule has 2 aliphatic rings. The van der Waals surface area contributed by atoms with Gasteiger partial charge in [-0.05, 0) is 38.3 Å². The number of ether oxygens (including phenoxy) is 2. The van der Waals surface area contributed by atoms with Crippen molar-refractivity contribution >= 4 is 17.3 Å². The van der Waals surface area contributed by atoms with Gasteiger partial charge in [0.25, 0.3) is 5.91 Å². The van der Waals surface area contributed by atoms with Crippen molar-refractivity contribution in [3.63, 3.8) is 0 Å². The molecule has 1 heterocycles. The van der Waals surface area contributed by atoms with Gasteiger partial charge in [-0.25, -0.2) is 5.48 Å². The maximum absolute atomic E-state index is 13.2. The topological polar surface area (TPSA) is 119 Å². The third kappa shape index (κ3) is 5.48. The molecular weight excluding hydrogens is 386 g/mol. The highest BCUT2D eigenvalue weighted by atomic mass is 16.5. The summed E-state index contributed by atoms with van der Waals surface area (Å²) in [5.41, 5.74) is 4.04. The Hall–Kier alpha value is -2.20. The third-order valence-corrected chi connectivity index (χ3v) is 5.53. The summed E-state index contributed by atoms with van der Waals surface area (Å²) in [6.45, 7) is 4.80. The van der Waals surface area contributed by atoms with Crippen LogP contribution in [-0.2, 0) is 9.53 Å². The molecule has 30 heavy (non-hydrogen) atoms. The van der Waals surface area contributed by atoms with E-state index in [1.165, 1.54) is 0 Å². The summed E-state index contributed by atoms with van der Waals surface area (Å²) in [5, 5.41) is 24.2. The minimum atomic E-state index is -0.492. The van der Waals surface area contributed by atoms with Crippen LogP contribution in [0, 0.1) is 5.41 Å². The molecule has 0 spiro atoms. The van der Waals surface area contributed by atoms with Crippen molar-refractivity contribution in [2.75, 3.05) is 45.2 Å². The number of hydroxylamine groups is 1. The van der Waals surface area contributed by atoms with Crippen molar-refractivity contribution in [2.24, 2.45) is 0 Å². The zero-order valence-corrected chi connectivity index (χ0v) is 17.7. The number of amides is 1. The van der Waals surface area contributed by atoms with Crippen molar-refractivity contribution < 1.29 is 19.5 Å². The summed E-state index contributed by atoms with van der Waals surface area (Å²) < 4.78 is 11.0. The molecule has 1 aliphatic carbocycles. The minimum Gasteiger partial charge on any atom is -0.497 e. The molecule has 1 aromatic carbocycles. The molecule has 1 aliphatic heterocycles. The molecule has 1 amide bonds. The Bertz CT molecular complexity index is 734. The van der Waals surface area contributed by atoms with E-state index in [2.05, 4.69) is 16.1 Å². The molecule has 0 bridgehead atoms. The zero-order valence-electron chi connectivity index (χ0n) is 17.7. The Balaban J connectivity index is 1.78. The van der Waals surface area contributed by atoms with Gasteiger partial charge in [0.15, 0.2) is 0 Å². The van der Waals surface area contributed by atoms with Crippen molar-refractivity contribution in [3.8, 4) is 5.75 Å². The van der Waals surface area contributed by atoms with Crippen LogP contribution in [0.2, 0.25) is 0 Å². The first-order chi connectivity index (χ1) is 14.6. The van der Waals surface area contributed by atoms with Gasteiger partial charge in [0, 0.05) is 49.5 Å². The van der Waals surface area contributed by atoms with Gasteiger partial charge in [-0.15, -0.1) is 0 Å². The van der Waals surface area contributed by atoms with E-state index >= 15 is 0 Å². The maximum Gasteiger partial charge on any atom is 0.253 e. The second-order valence-corrected chi connectivity index (χ2v) is 7.73. The van der Waals surface area contributed by atoms with Crippen LogP contribution in [0.25, 0.3) is 0 Å². The molecule has 9 heteroatoms. The van der Waals surface area contributed by atoms with Crippen LogP contribution < -0.4 is 20.9 Å². The molecule has 1 aromatic rings. The van der Waals surface area contributed by atoms with E-state index in [0.29, 0.717) is 37.7 Å². The number of morpholine rings is 1. The first-order valence-corrected chi connectivity index (χ1v) is 10.6. The van der Waals surface area contributed by atoms with Gasteiger partial charge >= 0.3 is 0 Å². The van der Waals surface area contributed by atoms with E-state index in [9.17, 15) is 4.79 Å². The van der Waals surface area contributed by atoms with E-state index in [4.69, 9.17) is 20.1 Å². The molecule has 0 unspecified atom stereocenters. The number of hydrogen-bond donors (Lipinski definition) is 5. The Morgan fingerprint density at radius 2 is 2.23 bits per heavy atom. The molecule has 166 valence electrons. The quantitative estimate of drug-likeness (QED) is 0.208. The summed E-state index contributed by atoms with van der Waals surface area (Å²) in [4.78, 5) is 15.0. The van der Waals surface area contributed by atoms with Gasteiger partial charge < -0.3 is 35.6 Å². The second kappa shape index (κ2) is 10.7. The van der Waals surface area contributed by atoms with Crippen LogP contribution >= 0.6 is 0 Å². The van der Waals surface area contributed by atoms with Crippen LogP contribution in [-0.4, -0.2) is 79.8 Å². The van der Waals surface area contributed by atoms with Gasteiger partial charge in [0.05, 0.1) is 25.5 Å². The standard InChI is InChI=1S/C21H33N5O4/c1-14(26(15-4-5-15)21(27)19-13-23-10-11-30-19)20(22)17-7-6-16(29-2)12-18(17)24-8-3-9-25-28/h6-7,12,14-15,19,22-25,28H,3-5,8-11,13H2,1-2H3/t14-,19-/m1/s1. The van der Waals surface area contributed by atoms with Crippen LogP contribution in [0.3, 0.4) is 0 Å². The molecular formula is C21H33N5O4. The van der Waals surface area contributed by atoms with Gasteiger partial charge in [-0.3, -0.25) is 4.79 Å². The van der Waals surface area contributed by atoms with E-state index in [1.807, 2.05) is 30.0 Å². The predicted molar refractivity (Wildman–Crippen MR) is 115 cm³/mol. The summed E-state index contributed by atoms with van der Waals surface area (Å²) in [7, 11) is 1.61. The number of nitrogens with zero attached hydrogens (tertiary/aromatic N) is 1. The summed E-state index contributed by atoms with van der Waals surface area (Å²) in [6.07, 6.45) is 2.15. The molecule has 0 radical (unpaired) electrons. The monoisotopic (exact) mass is 419 g/mol. The number of rotatable bonds is 11. The average molecular weight is 420 g/mol. The number of methoxy groups -OCH3 is 1. The van der Waals surface area contributed by atoms with E-state index < -0.39 is 6.10 Å². The van der Waals surface area contributed by atoms with Crippen LogP contribution in [0.15, 0.2) is 18.2 Å². The molecule has 2 atom stereocenters. The lowest BCUT2D eigenvalue weighted by Gasteiger charge is -2.34. The summed E-state index contributed by atoms with van der Waals surface area (Å²) >= 11 is 0. The lowest BCUT2D eigenvalue weighted by Crippen LogP contribution is -2.54. The van der Waals surface area contributed by atoms with E-state index in [1.54, 1.807) is 7.11 Å². The molecule has 2 fully saturated rings. The van der Waals surface area contributed by atoms with Crippen LogP contribution in [0.1, 0.15) is 31.7 Å². The largest absolute Gasteiger partial charge is 0.497 e. The van der Waals surface area contributed by atoms with Gasteiger partial charge in [-0.2, -0.15) is 0 Å². The Morgan fingerprint density at radius 3 is 2.87 bits per heavy atom. The minimum absolute atomic E-state index is 0.0426. The number of hydrogen-bond acceptors (Lipinski definition) is 8. The van der Waals surface area contributed by atoms with Gasteiger partial charge in [0.2, 0.25) is 0 Å². The number of nitrogens with one attached hydrogen (secondary N) is 4. The fraction of sp³-hybridized carbons (Fsp3) is 0.619. The van der Waals surface area contributed by atoms with Crippen molar-refractivity contribution in [1.82, 2.24) is 15.7 Å².